The van der Waals surface area contributed by atoms with E-state index in [0.29, 0.717) is 0 Å². The van der Waals surface area contributed by atoms with Crippen LogP contribution in [0.4, 0.5) is 5.82 Å². The Bertz CT molecular complexity index is 1180. The molecule has 1 aliphatic rings. The number of nitrogens with zero attached hydrogens (tertiary/aromatic N) is 3. The Morgan fingerprint density at radius 3 is 2.45 bits per heavy atom. The van der Waals surface area contributed by atoms with Crippen LogP contribution < -0.4 is 4.90 Å². The largest absolute Gasteiger partial charge is 0.351 e. The zero-order chi connectivity index (χ0) is 20.0. The van der Waals surface area contributed by atoms with Crippen LogP contribution in [0.15, 0.2) is 60.8 Å². The van der Waals surface area contributed by atoms with E-state index in [4.69, 9.17) is 4.98 Å². The van der Waals surface area contributed by atoms with E-state index in [1.54, 1.807) is 0 Å². The lowest BCUT2D eigenvalue weighted by Crippen LogP contribution is -2.31. The van der Waals surface area contributed by atoms with E-state index < -0.39 is 0 Å². The number of aryl methyl sites for hydroxylation is 2. The third-order valence-corrected chi connectivity index (χ3v) is 6.41. The third kappa shape index (κ3) is 3.11. The summed E-state index contributed by atoms with van der Waals surface area (Å²) in [6.07, 6.45) is 3.05. The van der Waals surface area contributed by atoms with E-state index in [1.165, 1.54) is 44.4 Å². The number of anilines is 1. The van der Waals surface area contributed by atoms with Gasteiger partial charge in [0.05, 0.1) is 5.52 Å². The highest BCUT2D eigenvalue weighted by Gasteiger charge is 2.22. The summed E-state index contributed by atoms with van der Waals surface area (Å²) < 4.78 is 2.44. The molecule has 4 aromatic rings. The van der Waals surface area contributed by atoms with Crippen LogP contribution in [-0.4, -0.2) is 16.1 Å². The lowest BCUT2D eigenvalue weighted by Gasteiger charge is -2.30. The Kier molecular flexibility index (Phi) is 4.39. The molecule has 2 aromatic heterocycles. The topological polar surface area (TPSA) is 21.1 Å². The molecular formula is C26H27N3. The van der Waals surface area contributed by atoms with Gasteiger partial charge in [0.1, 0.15) is 5.82 Å². The molecule has 0 aliphatic carbocycles. The van der Waals surface area contributed by atoms with Crippen molar-refractivity contribution in [2.45, 2.75) is 40.3 Å². The fourth-order valence-electron chi connectivity index (χ4n) is 4.59. The molecule has 2 aromatic carbocycles. The average molecular weight is 382 g/mol. The van der Waals surface area contributed by atoms with Crippen LogP contribution in [0.1, 0.15) is 33.5 Å². The van der Waals surface area contributed by atoms with Gasteiger partial charge in [0.2, 0.25) is 0 Å². The second-order valence-corrected chi connectivity index (χ2v) is 8.25. The first-order valence-corrected chi connectivity index (χ1v) is 10.4. The van der Waals surface area contributed by atoms with Crippen molar-refractivity contribution in [1.29, 1.82) is 0 Å². The third-order valence-electron chi connectivity index (χ3n) is 6.41. The number of fused-ring (bicyclic) bond motifs is 2. The molecule has 0 radical (unpaired) electrons. The second-order valence-electron chi connectivity index (χ2n) is 8.25. The monoisotopic (exact) mass is 381 g/mol. The van der Waals surface area contributed by atoms with Gasteiger partial charge in [-0.05, 0) is 55.5 Å². The number of pyridine rings is 1. The number of benzene rings is 2. The van der Waals surface area contributed by atoms with Crippen molar-refractivity contribution in [3.8, 4) is 0 Å². The highest BCUT2D eigenvalue weighted by atomic mass is 15.2. The van der Waals surface area contributed by atoms with Crippen LogP contribution in [-0.2, 0) is 19.5 Å². The smallest absolute Gasteiger partial charge is 0.138 e. The summed E-state index contributed by atoms with van der Waals surface area (Å²) in [7, 11) is 0. The SMILES string of the molecule is Cc1ccc(Cn2c(C)c(C)c3c(N4CCc5ccccc5C4)nccc32)cc1. The molecule has 5 rings (SSSR count). The average Bonchev–Trinajstić information content (AvgIpc) is 3.00. The molecular weight excluding hydrogens is 354 g/mol. The second kappa shape index (κ2) is 7.07. The van der Waals surface area contributed by atoms with Gasteiger partial charge in [-0.25, -0.2) is 4.98 Å². The Morgan fingerprint density at radius 1 is 0.897 bits per heavy atom. The minimum Gasteiger partial charge on any atom is -0.351 e. The zero-order valence-corrected chi connectivity index (χ0v) is 17.4. The predicted octanol–water partition coefficient (Wildman–Crippen LogP) is 5.57. The summed E-state index contributed by atoms with van der Waals surface area (Å²) in [4.78, 5) is 7.30. The van der Waals surface area contributed by atoms with Crippen LogP contribution in [0.3, 0.4) is 0 Å². The van der Waals surface area contributed by atoms with Crippen molar-refractivity contribution >= 4 is 16.7 Å². The molecule has 3 nitrogen and oxygen atoms in total. The molecule has 0 bridgehead atoms. The van der Waals surface area contributed by atoms with E-state index in [1.807, 2.05) is 6.20 Å². The highest BCUT2D eigenvalue weighted by Crippen LogP contribution is 2.34. The predicted molar refractivity (Wildman–Crippen MR) is 121 cm³/mol. The Hall–Kier alpha value is -3.07. The van der Waals surface area contributed by atoms with Crippen LogP contribution in [0, 0.1) is 20.8 Å². The van der Waals surface area contributed by atoms with Crippen molar-refractivity contribution < 1.29 is 0 Å². The van der Waals surface area contributed by atoms with E-state index in [-0.39, 0.29) is 0 Å². The fourth-order valence-corrected chi connectivity index (χ4v) is 4.59. The molecule has 0 unspecified atom stereocenters. The van der Waals surface area contributed by atoms with E-state index in [9.17, 15) is 0 Å². The van der Waals surface area contributed by atoms with Gasteiger partial charge in [0, 0.05) is 36.9 Å². The summed E-state index contributed by atoms with van der Waals surface area (Å²) in [5, 5.41) is 1.30. The first-order valence-electron chi connectivity index (χ1n) is 10.4. The molecule has 0 atom stereocenters. The Labute approximate surface area is 172 Å². The molecule has 0 saturated carbocycles. The normalized spacial score (nSPS) is 13.7. The van der Waals surface area contributed by atoms with Gasteiger partial charge in [-0.15, -0.1) is 0 Å². The van der Waals surface area contributed by atoms with Gasteiger partial charge in [-0.1, -0.05) is 54.1 Å². The first-order chi connectivity index (χ1) is 14.1. The zero-order valence-electron chi connectivity index (χ0n) is 17.4. The van der Waals surface area contributed by atoms with E-state index in [2.05, 4.69) is 84.8 Å². The summed E-state index contributed by atoms with van der Waals surface area (Å²) >= 11 is 0. The summed E-state index contributed by atoms with van der Waals surface area (Å²) in [5.74, 6) is 1.13. The van der Waals surface area contributed by atoms with Gasteiger partial charge in [-0.3, -0.25) is 0 Å². The van der Waals surface area contributed by atoms with Crippen LogP contribution in [0.25, 0.3) is 10.9 Å². The van der Waals surface area contributed by atoms with Gasteiger partial charge >= 0.3 is 0 Å². The minimum absolute atomic E-state index is 0.892. The maximum Gasteiger partial charge on any atom is 0.138 e. The number of rotatable bonds is 3. The molecule has 1 aliphatic heterocycles. The number of hydrogen-bond donors (Lipinski definition) is 0. The molecule has 146 valence electrons. The molecule has 3 heteroatoms. The molecule has 0 amide bonds. The maximum absolute atomic E-state index is 4.85. The van der Waals surface area contributed by atoms with Crippen molar-refractivity contribution in [2.75, 3.05) is 11.4 Å². The standard InChI is InChI=1S/C26H27N3/c1-18-8-10-21(11-9-18)16-29-20(3)19(2)25-24(29)12-14-27-26(25)28-15-13-22-6-4-5-7-23(22)17-28/h4-12,14H,13,15-17H2,1-3H3. The van der Waals surface area contributed by atoms with Crippen LogP contribution in [0.5, 0.6) is 0 Å². The van der Waals surface area contributed by atoms with Gasteiger partial charge in [0.15, 0.2) is 0 Å². The lowest BCUT2D eigenvalue weighted by molar-refractivity contribution is 0.724. The fraction of sp³-hybridized carbons (Fsp3) is 0.269. The lowest BCUT2D eigenvalue weighted by atomic mass is 9.99. The highest BCUT2D eigenvalue weighted by molar-refractivity contribution is 5.95. The molecule has 0 fully saturated rings. The van der Waals surface area contributed by atoms with E-state index >= 15 is 0 Å². The Balaban J connectivity index is 1.57. The van der Waals surface area contributed by atoms with Crippen LogP contribution >= 0.6 is 0 Å². The molecule has 29 heavy (non-hydrogen) atoms. The molecule has 0 N–H and O–H groups in total. The summed E-state index contributed by atoms with van der Waals surface area (Å²) in [6.45, 7) is 9.46. The summed E-state index contributed by atoms with van der Waals surface area (Å²) in [6, 6.07) is 19.8. The quantitative estimate of drug-likeness (QED) is 0.462. The maximum atomic E-state index is 4.85. The van der Waals surface area contributed by atoms with Crippen molar-refractivity contribution in [3.63, 3.8) is 0 Å². The van der Waals surface area contributed by atoms with Gasteiger partial charge in [-0.2, -0.15) is 0 Å². The van der Waals surface area contributed by atoms with Crippen molar-refractivity contribution in [2.24, 2.45) is 0 Å². The first kappa shape index (κ1) is 18.0. The number of aromatic nitrogens is 2. The Morgan fingerprint density at radius 2 is 1.66 bits per heavy atom. The summed E-state index contributed by atoms with van der Waals surface area (Å²) in [5.41, 5.74) is 9.48. The minimum atomic E-state index is 0.892. The number of hydrogen-bond acceptors (Lipinski definition) is 2. The molecule has 0 spiro atoms. The van der Waals surface area contributed by atoms with Crippen molar-refractivity contribution in [1.82, 2.24) is 9.55 Å². The van der Waals surface area contributed by atoms with Crippen LogP contribution in [0.2, 0.25) is 0 Å². The van der Waals surface area contributed by atoms with Gasteiger partial charge < -0.3 is 9.47 Å². The van der Waals surface area contributed by atoms with Gasteiger partial charge in [0.25, 0.3) is 0 Å². The van der Waals surface area contributed by atoms with Crippen molar-refractivity contribution in [3.05, 3.63) is 94.3 Å². The molecule has 0 saturated heterocycles. The van der Waals surface area contributed by atoms with E-state index in [0.717, 1.165) is 31.9 Å². The molecule has 3 heterocycles.